The van der Waals surface area contributed by atoms with Crippen molar-refractivity contribution in [2.45, 2.75) is 25.7 Å². The third-order valence-electron chi connectivity index (χ3n) is 1.24. The van der Waals surface area contributed by atoms with Gasteiger partial charge in [-0.25, -0.2) is 0 Å². The Morgan fingerprint density at radius 3 is 1.80 bits per heavy atom. The fourth-order valence-corrected chi connectivity index (χ4v) is 0.728. The van der Waals surface area contributed by atoms with Gasteiger partial charge in [0.15, 0.2) is 0 Å². The molecule has 0 atom stereocenters. The van der Waals surface area contributed by atoms with E-state index >= 15 is 0 Å². The first-order chi connectivity index (χ1) is 5.00. The van der Waals surface area contributed by atoms with Crippen molar-refractivity contribution in [3.05, 3.63) is 23.6 Å². The first-order valence-electron chi connectivity index (χ1n) is 3.60. The third-order valence-corrected chi connectivity index (χ3v) is 1.24. The molecule has 0 aromatic heterocycles. The molecule has 0 spiro atoms. The van der Waals surface area contributed by atoms with Crippen LogP contribution in [0.3, 0.4) is 0 Å². The van der Waals surface area contributed by atoms with Crippen molar-refractivity contribution < 1.29 is 0 Å². The van der Waals surface area contributed by atoms with Gasteiger partial charge in [-0.15, -0.1) is 11.8 Å². The van der Waals surface area contributed by atoms with E-state index in [0.717, 1.165) is 25.7 Å². The second-order valence-corrected chi connectivity index (χ2v) is 2.13. The van der Waals surface area contributed by atoms with Crippen molar-refractivity contribution in [3.8, 4) is 11.8 Å². The van der Waals surface area contributed by atoms with Crippen molar-refractivity contribution in [3.63, 3.8) is 0 Å². The Labute approximate surface area is 61.9 Å². The molecule has 0 aromatic carbocycles. The monoisotopic (exact) mass is 130 g/mol. The highest BCUT2D eigenvalue weighted by Gasteiger charge is 1.77. The Bertz CT molecular complexity index is 211. The second-order valence-electron chi connectivity index (χ2n) is 2.13. The number of hydrogen-bond acceptors (Lipinski definition) is 0. The van der Waals surface area contributed by atoms with Crippen LogP contribution in [-0.2, 0) is 0 Å². The summed E-state index contributed by atoms with van der Waals surface area (Å²) in [6.07, 6.45) is 7.91. The molecule has 0 saturated carbocycles. The predicted octanol–water partition coefficient (Wildman–Crippen LogP) is 2.43. The van der Waals surface area contributed by atoms with Crippen molar-refractivity contribution in [2.75, 3.05) is 0 Å². The minimum absolute atomic E-state index is 0.967. The lowest BCUT2D eigenvalue weighted by Gasteiger charge is -1.82. The van der Waals surface area contributed by atoms with Crippen LogP contribution in [0.5, 0.6) is 0 Å². The lowest BCUT2D eigenvalue weighted by atomic mass is 10.2. The molecule has 0 radical (unpaired) electrons. The SMILES string of the molecule is C1=C=CCCC#CCCC=1. The van der Waals surface area contributed by atoms with Gasteiger partial charge in [0.2, 0.25) is 0 Å². The normalized spacial score (nSPS) is 16.0. The highest BCUT2D eigenvalue weighted by molar-refractivity contribution is 5.03. The first kappa shape index (κ1) is 6.97. The van der Waals surface area contributed by atoms with E-state index in [-0.39, 0.29) is 0 Å². The molecular weight excluding hydrogens is 120 g/mol. The van der Waals surface area contributed by atoms with E-state index in [9.17, 15) is 0 Å². The van der Waals surface area contributed by atoms with E-state index in [4.69, 9.17) is 0 Å². The van der Waals surface area contributed by atoms with E-state index in [1.807, 2.05) is 12.2 Å². The molecular formula is C10H10. The van der Waals surface area contributed by atoms with Crippen molar-refractivity contribution >= 4 is 0 Å². The Balaban J connectivity index is 2.60. The van der Waals surface area contributed by atoms with Gasteiger partial charge < -0.3 is 0 Å². The van der Waals surface area contributed by atoms with Crippen LogP contribution in [0.2, 0.25) is 0 Å². The van der Waals surface area contributed by atoms with Gasteiger partial charge >= 0.3 is 0 Å². The van der Waals surface area contributed by atoms with E-state index in [2.05, 4.69) is 23.3 Å². The molecule has 0 nitrogen and oxygen atoms in total. The fraction of sp³-hybridized carbons (Fsp3) is 0.400. The van der Waals surface area contributed by atoms with Crippen LogP contribution in [0.15, 0.2) is 23.6 Å². The summed E-state index contributed by atoms with van der Waals surface area (Å²) >= 11 is 0. The van der Waals surface area contributed by atoms with Crippen LogP contribution in [0.25, 0.3) is 0 Å². The summed E-state index contributed by atoms with van der Waals surface area (Å²) in [5.41, 5.74) is 5.91. The number of hydrogen-bond donors (Lipinski definition) is 0. The highest BCUT2D eigenvalue weighted by Crippen LogP contribution is 1.92. The average Bonchev–Trinajstić information content (AvgIpc) is 2.01. The minimum atomic E-state index is 0.967. The third kappa shape index (κ3) is 3.00. The maximum atomic E-state index is 3.09. The number of allylic oxidation sites excluding steroid dienone is 2. The summed E-state index contributed by atoms with van der Waals surface area (Å²) in [5.74, 6) is 6.17. The number of rotatable bonds is 0. The van der Waals surface area contributed by atoms with Gasteiger partial charge in [-0.05, 0) is 25.0 Å². The van der Waals surface area contributed by atoms with Crippen LogP contribution < -0.4 is 0 Å². The average molecular weight is 130 g/mol. The fourth-order valence-electron chi connectivity index (χ4n) is 0.728. The summed E-state index contributed by atoms with van der Waals surface area (Å²) < 4.78 is 0. The van der Waals surface area contributed by atoms with E-state index in [1.165, 1.54) is 0 Å². The molecule has 0 aromatic rings. The van der Waals surface area contributed by atoms with Crippen LogP contribution in [0.1, 0.15) is 25.7 Å². The van der Waals surface area contributed by atoms with Crippen molar-refractivity contribution in [2.24, 2.45) is 0 Å². The zero-order valence-electron chi connectivity index (χ0n) is 5.98. The molecule has 50 valence electrons. The minimum Gasteiger partial charge on any atom is -0.103 e. The first-order valence-corrected chi connectivity index (χ1v) is 3.60. The van der Waals surface area contributed by atoms with Gasteiger partial charge in [0.05, 0.1) is 0 Å². The zero-order chi connectivity index (χ0) is 7.07. The standard InChI is InChI=1S/C10H10/c1-2-4-6-8-10-9-7-5-3-1/h1,7H,2,4,9-10H2. The quantitative estimate of drug-likeness (QED) is 0.349. The molecule has 0 bridgehead atoms. The largest absolute Gasteiger partial charge is 0.103 e. The Kier molecular flexibility index (Phi) is 3.29. The second kappa shape index (κ2) is 4.71. The Morgan fingerprint density at radius 2 is 1.30 bits per heavy atom. The van der Waals surface area contributed by atoms with Gasteiger partial charge in [0.1, 0.15) is 0 Å². The lowest BCUT2D eigenvalue weighted by Crippen LogP contribution is -1.67. The molecule has 0 N–H and O–H groups in total. The molecule has 1 aliphatic carbocycles. The summed E-state index contributed by atoms with van der Waals surface area (Å²) in [6.45, 7) is 0. The zero-order valence-corrected chi connectivity index (χ0v) is 5.98. The molecule has 0 fully saturated rings. The molecule has 0 saturated heterocycles. The van der Waals surface area contributed by atoms with Crippen molar-refractivity contribution in [1.82, 2.24) is 0 Å². The summed E-state index contributed by atoms with van der Waals surface area (Å²) in [4.78, 5) is 0. The van der Waals surface area contributed by atoms with Gasteiger partial charge in [-0.3, -0.25) is 0 Å². The lowest BCUT2D eigenvalue weighted by molar-refractivity contribution is 1.05. The highest BCUT2D eigenvalue weighted by atomic mass is 13.8. The van der Waals surface area contributed by atoms with Crippen molar-refractivity contribution in [1.29, 1.82) is 0 Å². The summed E-state index contributed by atoms with van der Waals surface area (Å²) in [6, 6.07) is 0. The van der Waals surface area contributed by atoms with Gasteiger partial charge in [-0.1, -0.05) is 11.5 Å². The van der Waals surface area contributed by atoms with Crippen LogP contribution in [0.4, 0.5) is 0 Å². The van der Waals surface area contributed by atoms with Gasteiger partial charge in [0, 0.05) is 12.8 Å². The van der Waals surface area contributed by atoms with Crippen LogP contribution in [0, 0.1) is 11.8 Å². The topological polar surface area (TPSA) is 0 Å². The summed E-state index contributed by atoms with van der Waals surface area (Å²) in [5, 5.41) is 0. The maximum absolute atomic E-state index is 3.09. The Morgan fingerprint density at radius 1 is 0.800 bits per heavy atom. The molecule has 0 heteroatoms. The summed E-state index contributed by atoms with van der Waals surface area (Å²) in [7, 11) is 0. The molecule has 0 unspecified atom stereocenters. The van der Waals surface area contributed by atoms with E-state index < -0.39 is 0 Å². The molecule has 0 heterocycles. The van der Waals surface area contributed by atoms with E-state index in [0.29, 0.717) is 0 Å². The molecule has 0 aliphatic heterocycles. The van der Waals surface area contributed by atoms with Gasteiger partial charge in [-0.2, -0.15) is 0 Å². The maximum Gasteiger partial charge on any atom is 0.0130 e. The van der Waals surface area contributed by atoms with Gasteiger partial charge in [0.25, 0.3) is 0 Å². The van der Waals surface area contributed by atoms with Crippen LogP contribution in [-0.4, -0.2) is 0 Å². The smallest absolute Gasteiger partial charge is 0.0130 e. The van der Waals surface area contributed by atoms with E-state index in [1.54, 1.807) is 0 Å². The van der Waals surface area contributed by atoms with Crippen LogP contribution >= 0.6 is 0 Å². The molecule has 0 amide bonds. The molecule has 1 aliphatic rings. The molecule has 10 heavy (non-hydrogen) atoms. The molecule has 1 rings (SSSR count). The predicted molar refractivity (Wildman–Crippen MR) is 42.4 cm³/mol. The Hall–Kier alpha value is -1.14.